The second kappa shape index (κ2) is 1.37. The zero-order chi connectivity index (χ0) is 8.03. The molecule has 3 saturated carbocycles. The molecule has 0 aromatic carbocycles. The molecule has 6 atom stereocenters. The van der Waals surface area contributed by atoms with E-state index in [4.69, 9.17) is 0 Å². The van der Waals surface area contributed by atoms with E-state index in [0.29, 0.717) is 12.1 Å². The van der Waals surface area contributed by atoms with Crippen LogP contribution in [0.4, 0.5) is 4.79 Å². The molecule has 3 aliphatic carbocycles. The molecular formula is C8H11N3O. The maximum atomic E-state index is 11.3. The van der Waals surface area contributed by atoms with Crippen molar-refractivity contribution in [3.63, 3.8) is 0 Å². The van der Waals surface area contributed by atoms with Crippen molar-refractivity contribution >= 4 is 6.03 Å². The highest BCUT2D eigenvalue weighted by atomic mass is 16.2. The van der Waals surface area contributed by atoms with Gasteiger partial charge in [0.05, 0.1) is 6.04 Å². The predicted molar refractivity (Wildman–Crippen MR) is 41.0 cm³/mol. The Bertz CT molecular complexity index is 292. The fraction of sp³-hybridized carbons (Fsp3) is 0.875. The molecule has 64 valence electrons. The highest BCUT2D eigenvalue weighted by Gasteiger charge is 2.87. The summed E-state index contributed by atoms with van der Waals surface area (Å²) in [6.07, 6.45) is 0. The summed E-state index contributed by atoms with van der Waals surface area (Å²) < 4.78 is 0. The average molecular weight is 165 g/mol. The lowest BCUT2D eigenvalue weighted by atomic mass is 9.73. The molecule has 0 aromatic rings. The first kappa shape index (κ1) is 5.80. The summed E-state index contributed by atoms with van der Waals surface area (Å²) in [5.41, 5.74) is 3.28. The monoisotopic (exact) mass is 165 g/mol. The van der Waals surface area contributed by atoms with Crippen LogP contribution in [0.25, 0.3) is 0 Å². The first-order chi connectivity index (χ1) is 5.84. The van der Waals surface area contributed by atoms with Crippen molar-refractivity contribution in [2.24, 2.45) is 23.7 Å². The fourth-order valence-corrected chi connectivity index (χ4v) is 3.81. The van der Waals surface area contributed by atoms with Crippen LogP contribution in [-0.2, 0) is 0 Å². The standard InChI is InChI=1S/C8H11N3O/c1-9-8(12)11-7-4-2-3(4)6(10-11)5(2)7/h2-7,10H,1H3,(H,9,12). The van der Waals surface area contributed by atoms with Gasteiger partial charge in [-0.05, 0) is 17.8 Å². The van der Waals surface area contributed by atoms with E-state index in [1.54, 1.807) is 7.05 Å². The number of fused-ring (bicyclic) bond motifs is 3. The van der Waals surface area contributed by atoms with Gasteiger partial charge in [-0.3, -0.25) is 5.01 Å². The van der Waals surface area contributed by atoms with Crippen LogP contribution in [-0.4, -0.2) is 30.2 Å². The summed E-state index contributed by atoms with van der Waals surface area (Å²) in [7, 11) is 1.69. The molecular weight excluding hydrogens is 154 g/mol. The lowest BCUT2D eigenvalue weighted by molar-refractivity contribution is 0.122. The van der Waals surface area contributed by atoms with Crippen LogP contribution in [0.5, 0.6) is 0 Å². The van der Waals surface area contributed by atoms with Crippen LogP contribution in [0.1, 0.15) is 0 Å². The van der Waals surface area contributed by atoms with Gasteiger partial charge in [-0.2, -0.15) is 0 Å². The van der Waals surface area contributed by atoms with Crippen molar-refractivity contribution in [1.82, 2.24) is 15.8 Å². The molecule has 12 heavy (non-hydrogen) atoms. The average Bonchev–Trinajstić information content (AvgIpc) is 2.36. The molecule has 4 rings (SSSR count). The maximum Gasteiger partial charge on any atom is 0.331 e. The molecule has 4 fully saturated rings. The maximum absolute atomic E-state index is 11.3. The first-order valence-electron chi connectivity index (χ1n) is 4.61. The topological polar surface area (TPSA) is 44.4 Å². The van der Waals surface area contributed by atoms with Crippen molar-refractivity contribution in [3.05, 3.63) is 0 Å². The lowest BCUT2D eigenvalue weighted by Gasteiger charge is -2.34. The number of carbonyl (C=O) groups is 1. The number of nitrogens with one attached hydrogen (secondary N) is 2. The van der Waals surface area contributed by atoms with E-state index in [9.17, 15) is 4.79 Å². The van der Waals surface area contributed by atoms with Gasteiger partial charge < -0.3 is 5.32 Å². The zero-order valence-corrected chi connectivity index (χ0v) is 6.82. The van der Waals surface area contributed by atoms with Gasteiger partial charge in [0, 0.05) is 19.0 Å². The normalized spacial score (nSPS) is 61.6. The fourth-order valence-electron chi connectivity index (χ4n) is 3.81. The predicted octanol–water partition coefficient (Wildman–Crippen LogP) is -0.611. The van der Waals surface area contributed by atoms with Crippen molar-refractivity contribution in [2.75, 3.05) is 7.05 Å². The first-order valence-corrected chi connectivity index (χ1v) is 4.61. The smallest absolute Gasteiger partial charge is 0.331 e. The Morgan fingerprint density at radius 2 is 2.17 bits per heavy atom. The summed E-state index contributed by atoms with van der Waals surface area (Å²) in [4.78, 5) is 11.3. The van der Waals surface area contributed by atoms with Crippen LogP contribution in [0.15, 0.2) is 0 Å². The van der Waals surface area contributed by atoms with Crippen LogP contribution in [0.3, 0.4) is 0 Å². The molecule has 4 heteroatoms. The second-order valence-electron chi connectivity index (χ2n) is 4.38. The van der Waals surface area contributed by atoms with Crippen LogP contribution in [0.2, 0.25) is 0 Å². The van der Waals surface area contributed by atoms with Crippen molar-refractivity contribution in [3.8, 4) is 0 Å². The van der Waals surface area contributed by atoms with Gasteiger partial charge in [0.1, 0.15) is 0 Å². The summed E-state index contributed by atoms with van der Waals surface area (Å²) in [6, 6.07) is 1.24. The number of nitrogens with zero attached hydrogens (tertiary/aromatic N) is 1. The minimum Gasteiger partial charge on any atom is -0.340 e. The highest BCUT2D eigenvalue weighted by molar-refractivity contribution is 5.75. The van der Waals surface area contributed by atoms with E-state index in [-0.39, 0.29) is 6.03 Å². The summed E-state index contributed by atoms with van der Waals surface area (Å²) in [5.74, 6) is 3.64. The van der Waals surface area contributed by atoms with Gasteiger partial charge in [-0.1, -0.05) is 0 Å². The number of carbonyl (C=O) groups excluding carboxylic acids is 1. The van der Waals surface area contributed by atoms with Gasteiger partial charge >= 0.3 is 6.03 Å². The molecule has 4 nitrogen and oxygen atoms in total. The summed E-state index contributed by atoms with van der Waals surface area (Å²) >= 11 is 0. The van der Waals surface area contributed by atoms with Crippen LogP contribution >= 0.6 is 0 Å². The van der Waals surface area contributed by atoms with Gasteiger partial charge in [0.15, 0.2) is 0 Å². The largest absolute Gasteiger partial charge is 0.340 e. The van der Waals surface area contributed by atoms with Crippen LogP contribution < -0.4 is 10.7 Å². The zero-order valence-electron chi connectivity index (χ0n) is 6.82. The second-order valence-corrected chi connectivity index (χ2v) is 4.38. The summed E-state index contributed by atoms with van der Waals surface area (Å²) in [5, 5.41) is 4.49. The lowest BCUT2D eigenvalue weighted by Crippen LogP contribution is -2.52. The minimum atomic E-state index is 0.0382. The highest BCUT2D eigenvalue weighted by Crippen LogP contribution is 2.80. The van der Waals surface area contributed by atoms with Crippen molar-refractivity contribution in [1.29, 1.82) is 0 Å². The summed E-state index contributed by atoms with van der Waals surface area (Å²) in [6.45, 7) is 0. The van der Waals surface area contributed by atoms with E-state index in [1.807, 2.05) is 5.01 Å². The molecule has 0 aromatic heterocycles. The van der Waals surface area contributed by atoms with Gasteiger partial charge in [-0.25, -0.2) is 10.2 Å². The van der Waals surface area contributed by atoms with Gasteiger partial charge in [-0.15, -0.1) is 0 Å². The van der Waals surface area contributed by atoms with E-state index >= 15 is 0 Å². The Morgan fingerprint density at radius 1 is 1.33 bits per heavy atom. The Hall–Kier alpha value is -0.770. The van der Waals surface area contributed by atoms with E-state index in [1.165, 1.54) is 0 Å². The van der Waals surface area contributed by atoms with E-state index < -0.39 is 0 Å². The molecule has 6 unspecified atom stereocenters. The van der Waals surface area contributed by atoms with Crippen molar-refractivity contribution in [2.45, 2.75) is 12.1 Å². The Balaban J connectivity index is 1.66. The number of hydrazine groups is 1. The number of rotatable bonds is 0. The molecule has 1 aliphatic heterocycles. The van der Waals surface area contributed by atoms with Crippen molar-refractivity contribution < 1.29 is 4.79 Å². The quantitative estimate of drug-likeness (QED) is 0.503. The minimum absolute atomic E-state index is 0.0382. The third-order valence-corrected chi connectivity index (χ3v) is 4.27. The Morgan fingerprint density at radius 3 is 2.75 bits per heavy atom. The van der Waals surface area contributed by atoms with E-state index in [2.05, 4.69) is 10.7 Å². The number of urea groups is 1. The van der Waals surface area contributed by atoms with Gasteiger partial charge in [0.2, 0.25) is 0 Å². The number of hydrogen-bond donors (Lipinski definition) is 2. The Kier molecular flexibility index (Phi) is 0.662. The molecule has 0 spiro atoms. The molecule has 0 radical (unpaired) electrons. The van der Waals surface area contributed by atoms with Crippen LogP contribution in [0, 0.1) is 23.7 Å². The molecule has 2 N–H and O–H groups in total. The Labute approximate surface area is 70.3 Å². The molecule has 4 aliphatic rings. The molecule has 0 bridgehead atoms. The third kappa shape index (κ3) is 0.335. The molecule has 2 amide bonds. The molecule has 1 saturated heterocycles. The number of hydrogen-bond acceptors (Lipinski definition) is 2. The van der Waals surface area contributed by atoms with Gasteiger partial charge in [0.25, 0.3) is 0 Å². The van der Waals surface area contributed by atoms with E-state index in [0.717, 1.165) is 23.7 Å². The third-order valence-electron chi connectivity index (χ3n) is 4.27. The molecule has 1 heterocycles. The number of amides is 2. The SMILES string of the molecule is CNC(=O)N1NC2C3C4C2C1C34.